The summed E-state index contributed by atoms with van der Waals surface area (Å²) >= 11 is 0. The van der Waals surface area contributed by atoms with Crippen LogP contribution in [0.1, 0.15) is 20.8 Å². The number of nitrogens with one attached hydrogen (secondary N) is 1. The fourth-order valence-electron chi connectivity index (χ4n) is 0.956. The second-order valence-electron chi connectivity index (χ2n) is 3.30. The fourth-order valence-corrected chi connectivity index (χ4v) is 2.10. The Morgan fingerprint density at radius 3 is 2.18 bits per heavy atom. The van der Waals surface area contributed by atoms with E-state index in [1.54, 1.807) is 6.92 Å². The molecule has 0 aliphatic rings. The average molecular weight is 267 g/mol. The SMILES string of the molecule is CCOC(=O)C(C)NS(=O)(=O)C(C)C(=O)OC. The number of carbonyl (C=O) groups excluding carboxylic acids is 2. The summed E-state index contributed by atoms with van der Waals surface area (Å²) in [7, 11) is -2.87. The Bertz CT molecular complexity index is 377. The van der Waals surface area contributed by atoms with Crippen molar-refractivity contribution in [1.82, 2.24) is 4.72 Å². The fraction of sp³-hybridized carbons (Fsp3) is 0.778. The van der Waals surface area contributed by atoms with Gasteiger partial charge in [0, 0.05) is 0 Å². The molecular weight excluding hydrogens is 250 g/mol. The van der Waals surface area contributed by atoms with Crippen LogP contribution in [0, 0.1) is 0 Å². The maximum atomic E-state index is 11.6. The summed E-state index contributed by atoms with van der Waals surface area (Å²) in [6.07, 6.45) is 0. The van der Waals surface area contributed by atoms with Gasteiger partial charge in [0.1, 0.15) is 6.04 Å². The molecule has 0 aromatic carbocycles. The van der Waals surface area contributed by atoms with Crippen LogP contribution in [0.3, 0.4) is 0 Å². The van der Waals surface area contributed by atoms with Gasteiger partial charge in [0.05, 0.1) is 13.7 Å². The van der Waals surface area contributed by atoms with E-state index in [0.717, 1.165) is 7.11 Å². The van der Waals surface area contributed by atoms with Gasteiger partial charge >= 0.3 is 11.9 Å². The van der Waals surface area contributed by atoms with Gasteiger partial charge in [-0.25, -0.2) is 13.1 Å². The highest BCUT2D eigenvalue weighted by Crippen LogP contribution is 2.02. The molecular formula is C9H17NO6S. The Labute approximate surface area is 101 Å². The molecule has 100 valence electrons. The van der Waals surface area contributed by atoms with E-state index < -0.39 is 33.3 Å². The molecule has 0 saturated carbocycles. The van der Waals surface area contributed by atoms with Crippen LogP contribution in [0.5, 0.6) is 0 Å². The number of esters is 2. The van der Waals surface area contributed by atoms with E-state index in [9.17, 15) is 18.0 Å². The molecule has 0 aromatic heterocycles. The van der Waals surface area contributed by atoms with E-state index in [-0.39, 0.29) is 6.61 Å². The molecule has 1 N–H and O–H groups in total. The lowest BCUT2D eigenvalue weighted by Gasteiger charge is -2.16. The second-order valence-corrected chi connectivity index (χ2v) is 5.33. The van der Waals surface area contributed by atoms with Crippen LogP contribution >= 0.6 is 0 Å². The van der Waals surface area contributed by atoms with E-state index in [1.807, 2.05) is 0 Å². The maximum Gasteiger partial charge on any atom is 0.325 e. The molecule has 7 nitrogen and oxygen atoms in total. The molecule has 8 heteroatoms. The highest BCUT2D eigenvalue weighted by atomic mass is 32.2. The van der Waals surface area contributed by atoms with Crippen LogP contribution in [0.2, 0.25) is 0 Å². The van der Waals surface area contributed by atoms with Crippen molar-refractivity contribution in [3.63, 3.8) is 0 Å². The van der Waals surface area contributed by atoms with E-state index in [1.165, 1.54) is 13.8 Å². The summed E-state index contributed by atoms with van der Waals surface area (Å²) < 4.78 is 34.3. The summed E-state index contributed by atoms with van der Waals surface area (Å²) in [5.41, 5.74) is 0. The first kappa shape index (κ1) is 15.9. The third-order valence-electron chi connectivity index (χ3n) is 1.98. The minimum absolute atomic E-state index is 0.150. The Hall–Kier alpha value is -1.15. The smallest absolute Gasteiger partial charge is 0.325 e. The third kappa shape index (κ3) is 4.70. The number of hydrogen-bond acceptors (Lipinski definition) is 6. The van der Waals surface area contributed by atoms with E-state index in [4.69, 9.17) is 0 Å². The molecule has 0 amide bonds. The second kappa shape index (κ2) is 6.55. The van der Waals surface area contributed by atoms with Crippen LogP contribution in [-0.4, -0.2) is 45.4 Å². The van der Waals surface area contributed by atoms with Crippen LogP contribution in [-0.2, 0) is 29.1 Å². The van der Waals surface area contributed by atoms with Crippen molar-refractivity contribution >= 4 is 22.0 Å². The van der Waals surface area contributed by atoms with Gasteiger partial charge in [-0.3, -0.25) is 9.59 Å². The first-order chi connectivity index (χ1) is 7.76. The van der Waals surface area contributed by atoms with Crippen molar-refractivity contribution in [2.75, 3.05) is 13.7 Å². The Morgan fingerprint density at radius 1 is 1.24 bits per heavy atom. The zero-order valence-corrected chi connectivity index (χ0v) is 11.0. The number of hydrogen-bond donors (Lipinski definition) is 1. The van der Waals surface area contributed by atoms with Crippen LogP contribution < -0.4 is 4.72 Å². The molecule has 0 rings (SSSR count). The van der Waals surface area contributed by atoms with Crippen molar-refractivity contribution in [2.45, 2.75) is 32.1 Å². The zero-order valence-electron chi connectivity index (χ0n) is 10.2. The Balaban J connectivity index is 4.65. The summed E-state index contributed by atoms with van der Waals surface area (Å²) in [4.78, 5) is 22.3. The van der Waals surface area contributed by atoms with Gasteiger partial charge in [-0.1, -0.05) is 0 Å². The molecule has 0 fully saturated rings. The lowest BCUT2D eigenvalue weighted by Crippen LogP contribution is -2.45. The Morgan fingerprint density at radius 2 is 1.76 bits per heavy atom. The standard InChI is InChI=1S/C9H17NO6S/c1-5-16-8(11)6(2)10-17(13,14)7(3)9(12)15-4/h6-7,10H,5H2,1-4H3. The minimum atomic E-state index is -3.96. The van der Waals surface area contributed by atoms with Crippen molar-refractivity contribution in [1.29, 1.82) is 0 Å². The number of carbonyl (C=O) groups is 2. The van der Waals surface area contributed by atoms with Gasteiger partial charge < -0.3 is 9.47 Å². The molecule has 0 saturated heterocycles. The molecule has 0 spiro atoms. The summed E-state index contributed by atoms with van der Waals surface area (Å²) in [5, 5.41) is -1.38. The zero-order chi connectivity index (χ0) is 13.6. The largest absolute Gasteiger partial charge is 0.468 e. The predicted octanol–water partition coefficient (Wildman–Crippen LogP) is -0.581. The van der Waals surface area contributed by atoms with Crippen molar-refractivity contribution in [3.8, 4) is 0 Å². The molecule has 0 aliphatic heterocycles. The number of ether oxygens (including phenoxy) is 2. The van der Waals surface area contributed by atoms with E-state index in [2.05, 4.69) is 14.2 Å². The van der Waals surface area contributed by atoms with Gasteiger partial charge in [-0.05, 0) is 20.8 Å². The molecule has 0 bridgehead atoms. The molecule has 0 aliphatic carbocycles. The predicted molar refractivity (Wildman–Crippen MR) is 59.6 cm³/mol. The summed E-state index contributed by atoms with van der Waals surface area (Å²) in [5.74, 6) is -1.60. The van der Waals surface area contributed by atoms with E-state index in [0.29, 0.717) is 0 Å². The summed E-state index contributed by atoms with van der Waals surface area (Å²) in [6.45, 7) is 4.26. The topological polar surface area (TPSA) is 98.8 Å². The lowest BCUT2D eigenvalue weighted by atomic mass is 10.4. The van der Waals surface area contributed by atoms with E-state index >= 15 is 0 Å². The van der Waals surface area contributed by atoms with Crippen LogP contribution in [0.4, 0.5) is 0 Å². The van der Waals surface area contributed by atoms with Gasteiger partial charge in [-0.15, -0.1) is 0 Å². The maximum absolute atomic E-state index is 11.6. The quantitative estimate of drug-likeness (QED) is 0.646. The number of methoxy groups -OCH3 is 1. The van der Waals surface area contributed by atoms with Crippen molar-refractivity contribution < 1.29 is 27.5 Å². The van der Waals surface area contributed by atoms with Gasteiger partial charge in [-0.2, -0.15) is 0 Å². The van der Waals surface area contributed by atoms with Gasteiger partial charge in [0.15, 0.2) is 5.25 Å². The lowest BCUT2D eigenvalue weighted by molar-refractivity contribution is -0.145. The number of rotatable bonds is 6. The first-order valence-corrected chi connectivity index (χ1v) is 6.56. The molecule has 0 radical (unpaired) electrons. The summed E-state index contributed by atoms with van der Waals surface area (Å²) in [6, 6.07) is -1.05. The molecule has 0 aromatic rings. The Kier molecular flexibility index (Phi) is 6.11. The minimum Gasteiger partial charge on any atom is -0.468 e. The molecule has 0 heterocycles. The van der Waals surface area contributed by atoms with Crippen molar-refractivity contribution in [3.05, 3.63) is 0 Å². The highest BCUT2D eigenvalue weighted by molar-refractivity contribution is 7.90. The molecule has 2 unspecified atom stereocenters. The third-order valence-corrected chi connectivity index (χ3v) is 3.79. The van der Waals surface area contributed by atoms with Crippen LogP contribution in [0.25, 0.3) is 0 Å². The van der Waals surface area contributed by atoms with Crippen molar-refractivity contribution in [2.24, 2.45) is 0 Å². The van der Waals surface area contributed by atoms with Gasteiger partial charge in [0.25, 0.3) is 0 Å². The number of sulfonamides is 1. The first-order valence-electron chi connectivity index (χ1n) is 5.01. The van der Waals surface area contributed by atoms with Crippen LogP contribution in [0.15, 0.2) is 0 Å². The monoisotopic (exact) mass is 267 g/mol. The normalized spacial score (nSPS) is 14.8. The highest BCUT2D eigenvalue weighted by Gasteiger charge is 2.31. The average Bonchev–Trinajstić information content (AvgIpc) is 2.26. The molecule has 17 heavy (non-hydrogen) atoms. The molecule has 2 atom stereocenters. The van der Waals surface area contributed by atoms with Gasteiger partial charge in [0.2, 0.25) is 10.0 Å².